The van der Waals surface area contributed by atoms with Gasteiger partial charge in [0.15, 0.2) is 34.0 Å². The van der Waals surface area contributed by atoms with Crippen molar-refractivity contribution in [1.82, 2.24) is 24.4 Å². The molecule has 0 saturated carbocycles. The first kappa shape index (κ1) is 24.1. The van der Waals surface area contributed by atoms with Gasteiger partial charge in [-0.25, -0.2) is 15.0 Å². The fourth-order valence-corrected chi connectivity index (χ4v) is 5.36. The standard InChI is InChI=1S/C24H27N7O4S/c1-14(32)23(33)30-5-2-15(3-6-30)4-7-31-13-27-21(26)20-22(31)29-24(28-20)36-19-11-18-17(10-16(19)12-25)34-8-9-35-18/h10-11,13-15,32H,2-9,26H2,1H3. The molecule has 4 aliphatic heterocycles. The summed E-state index contributed by atoms with van der Waals surface area (Å²) in [6, 6.07) is 5.66. The van der Waals surface area contributed by atoms with Crippen LogP contribution in [0.15, 0.2) is 28.5 Å². The van der Waals surface area contributed by atoms with Gasteiger partial charge in [-0.15, -0.1) is 0 Å². The number of amides is 1. The quantitative estimate of drug-likeness (QED) is 0.505. The van der Waals surface area contributed by atoms with Gasteiger partial charge in [0.25, 0.3) is 5.91 Å². The van der Waals surface area contributed by atoms with E-state index in [1.807, 2.05) is 4.57 Å². The molecule has 36 heavy (non-hydrogen) atoms. The van der Waals surface area contributed by atoms with Crippen molar-refractivity contribution in [3.8, 4) is 29.1 Å². The van der Waals surface area contributed by atoms with Gasteiger partial charge in [-0.2, -0.15) is 5.26 Å². The largest absolute Gasteiger partial charge is 0.486 e. The minimum absolute atomic E-state index is 0.207. The third kappa shape index (κ3) is 4.89. The number of nitrogens with two attached hydrogens (primary N) is 1. The Balaban J connectivity index is 1.30. The van der Waals surface area contributed by atoms with Gasteiger partial charge in [0.1, 0.15) is 25.4 Å². The van der Waals surface area contributed by atoms with Gasteiger partial charge < -0.3 is 29.8 Å². The highest BCUT2D eigenvalue weighted by Crippen LogP contribution is 2.40. The summed E-state index contributed by atoms with van der Waals surface area (Å²) in [5.74, 6) is 2.34. The number of benzene rings is 1. The highest BCUT2D eigenvalue weighted by Gasteiger charge is 2.26. The summed E-state index contributed by atoms with van der Waals surface area (Å²) in [4.78, 5) is 28.0. The van der Waals surface area contributed by atoms with E-state index in [0.717, 1.165) is 19.3 Å². The predicted octanol–water partition coefficient (Wildman–Crippen LogP) is 2.16. The van der Waals surface area contributed by atoms with Gasteiger partial charge in [0.05, 0.1) is 11.9 Å². The number of ether oxygens (including phenoxy) is 2. The number of aromatic nitrogens is 4. The Kier molecular flexibility index (Phi) is 6.84. The van der Waals surface area contributed by atoms with Gasteiger partial charge in [0, 0.05) is 30.6 Å². The number of aryl methyl sites for hydroxylation is 1. The Morgan fingerprint density at radius 3 is 2.69 bits per heavy atom. The molecule has 0 spiro atoms. The van der Waals surface area contributed by atoms with Gasteiger partial charge in [-0.05, 0) is 49.9 Å². The predicted molar refractivity (Wildman–Crippen MR) is 131 cm³/mol. The van der Waals surface area contributed by atoms with Crippen molar-refractivity contribution in [2.75, 3.05) is 32.0 Å². The number of likely N-dealkylation sites (tertiary alicyclic amines) is 1. The Morgan fingerprint density at radius 2 is 2.00 bits per heavy atom. The zero-order chi connectivity index (χ0) is 25.2. The van der Waals surface area contributed by atoms with Gasteiger partial charge in [-0.3, -0.25) is 4.79 Å². The van der Waals surface area contributed by atoms with Crippen molar-refractivity contribution < 1.29 is 19.4 Å². The second kappa shape index (κ2) is 10.2. The Bertz CT molecular complexity index is 1280. The van der Waals surface area contributed by atoms with E-state index >= 15 is 0 Å². The van der Waals surface area contributed by atoms with Crippen molar-refractivity contribution >= 4 is 23.5 Å². The highest BCUT2D eigenvalue weighted by atomic mass is 32.2. The molecule has 12 heteroatoms. The lowest BCUT2D eigenvalue weighted by Gasteiger charge is -2.33. The molecule has 0 aromatic heterocycles. The molecular weight excluding hydrogens is 482 g/mol. The van der Waals surface area contributed by atoms with E-state index in [-0.39, 0.29) is 5.91 Å². The summed E-state index contributed by atoms with van der Waals surface area (Å²) in [7, 11) is 0. The molecule has 4 aliphatic rings. The van der Waals surface area contributed by atoms with Crippen LogP contribution < -0.4 is 15.2 Å². The summed E-state index contributed by atoms with van der Waals surface area (Å²) < 4.78 is 13.2. The lowest BCUT2D eigenvalue weighted by atomic mass is 9.93. The number of carbonyl (C=O) groups is 1. The molecule has 4 heterocycles. The topological polar surface area (TPSA) is 152 Å². The summed E-state index contributed by atoms with van der Waals surface area (Å²) in [5, 5.41) is 19.6. The Morgan fingerprint density at radius 1 is 1.28 bits per heavy atom. The van der Waals surface area contributed by atoms with Gasteiger partial charge >= 0.3 is 0 Å². The Hall–Kier alpha value is -3.56. The van der Waals surface area contributed by atoms with Crippen LogP contribution >= 0.6 is 11.8 Å². The van der Waals surface area contributed by atoms with Crippen LogP contribution in [0.25, 0.3) is 11.5 Å². The van der Waals surface area contributed by atoms with Crippen LogP contribution in [0.5, 0.6) is 11.5 Å². The number of aliphatic hydroxyl groups is 1. The molecule has 1 saturated heterocycles. The molecule has 3 N–H and O–H groups in total. The number of nitrogens with zero attached hydrogens (tertiary/aromatic N) is 6. The number of nitrogen functional groups attached to an aromatic ring is 1. The zero-order valence-corrected chi connectivity index (χ0v) is 20.7. The third-order valence-electron chi connectivity index (χ3n) is 6.50. The average molecular weight is 510 g/mol. The average Bonchev–Trinajstić information content (AvgIpc) is 3.32. The number of hydrogen-bond donors (Lipinski definition) is 2. The minimum Gasteiger partial charge on any atom is -0.486 e. The van der Waals surface area contributed by atoms with E-state index in [1.165, 1.54) is 18.7 Å². The van der Waals surface area contributed by atoms with Crippen LogP contribution in [0, 0.1) is 17.2 Å². The lowest BCUT2D eigenvalue weighted by molar-refractivity contribution is -0.140. The molecule has 188 valence electrons. The number of fused-ring (bicyclic) bond motifs is 2. The minimum atomic E-state index is -0.958. The molecule has 1 fully saturated rings. The van der Waals surface area contributed by atoms with E-state index in [4.69, 9.17) is 20.2 Å². The second-order valence-electron chi connectivity index (χ2n) is 8.94. The van der Waals surface area contributed by atoms with Crippen molar-refractivity contribution in [3.63, 3.8) is 0 Å². The van der Waals surface area contributed by atoms with E-state index in [9.17, 15) is 15.2 Å². The number of imidazole rings is 1. The molecule has 0 bridgehead atoms. The normalized spacial score (nSPS) is 16.6. The fraction of sp³-hybridized carbons (Fsp3) is 0.458. The van der Waals surface area contributed by atoms with E-state index in [1.54, 1.807) is 23.4 Å². The molecular formula is C24H27N7O4S. The highest BCUT2D eigenvalue weighted by molar-refractivity contribution is 7.99. The second-order valence-corrected chi connectivity index (χ2v) is 9.95. The molecule has 1 unspecified atom stereocenters. The van der Waals surface area contributed by atoms with Crippen molar-refractivity contribution in [3.05, 3.63) is 24.0 Å². The number of nitriles is 1. The first-order chi connectivity index (χ1) is 17.4. The van der Waals surface area contributed by atoms with Crippen LogP contribution in [0.4, 0.5) is 5.82 Å². The molecule has 0 aliphatic carbocycles. The smallest absolute Gasteiger partial charge is 0.251 e. The van der Waals surface area contributed by atoms with E-state index in [2.05, 4.69) is 16.0 Å². The first-order valence-corrected chi connectivity index (χ1v) is 12.7. The monoisotopic (exact) mass is 509 g/mol. The van der Waals surface area contributed by atoms with Gasteiger partial charge in [0.2, 0.25) is 0 Å². The molecule has 1 amide bonds. The number of hydrogen-bond acceptors (Lipinski definition) is 10. The van der Waals surface area contributed by atoms with Crippen molar-refractivity contribution in [2.45, 2.75) is 48.9 Å². The third-order valence-corrected chi connectivity index (χ3v) is 7.42. The number of aliphatic hydroxyl groups excluding tert-OH is 1. The number of piperidine rings is 1. The first-order valence-electron chi connectivity index (χ1n) is 11.9. The number of rotatable bonds is 6. The van der Waals surface area contributed by atoms with Crippen LogP contribution in [0.3, 0.4) is 0 Å². The molecule has 1 aromatic carbocycles. The maximum atomic E-state index is 12.0. The van der Waals surface area contributed by atoms with E-state index < -0.39 is 6.10 Å². The number of carbonyl (C=O) groups excluding carboxylic acids is 1. The SMILES string of the molecule is CC(O)C(=O)N1CCC(CCn2cnc(N)c3nc(Sc4cc5c(cc4C#N)OCCO5)nc2-3)CC1. The summed E-state index contributed by atoms with van der Waals surface area (Å²) in [6.45, 7) is 4.41. The molecule has 0 radical (unpaired) electrons. The fourth-order valence-electron chi connectivity index (χ4n) is 4.51. The van der Waals surface area contributed by atoms with Crippen molar-refractivity contribution in [1.29, 1.82) is 5.26 Å². The Labute approximate surface area is 212 Å². The number of anilines is 1. The maximum absolute atomic E-state index is 12.0. The lowest BCUT2D eigenvalue weighted by Crippen LogP contribution is -2.43. The molecule has 5 rings (SSSR count). The van der Waals surface area contributed by atoms with E-state index in [0.29, 0.717) is 83.2 Å². The van der Waals surface area contributed by atoms with Gasteiger partial charge in [-0.1, -0.05) is 0 Å². The maximum Gasteiger partial charge on any atom is 0.251 e. The summed E-state index contributed by atoms with van der Waals surface area (Å²) in [5.41, 5.74) is 7.08. The summed E-state index contributed by atoms with van der Waals surface area (Å²) in [6.07, 6.45) is 3.40. The molecule has 1 atom stereocenters. The molecule has 11 nitrogen and oxygen atoms in total. The van der Waals surface area contributed by atoms with Crippen LogP contribution in [0.1, 0.15) is 31.7 Å². The van der Waals surface area contributed by atoms with Crippen LogP contribution in [0.2, 0.25) is 0 Å². The van der Waals surface area contributed by atoms with Crippen LogP contribution in [-0.4, -0.2) is 67.8 Å². The summed E-state index contributed by atoms with van der Waals surface area (Å²) >= 11 is 1.27. The van der Waals surface area contributed by atoms with Crippen molar-refractivity contribution in [2.24, 2.45) is 5.92 Å². The van der Waals surface area contributed by atoms with Crippen LogP contribution in [-0.2, 0) is 11.3 Å². The zero-order valence-electron chi connectivity index (χ0n) is 19.9. The molecule has 1 aromatic rings.